The number of hydrogen-bond donors (Lipinski definition) is 2. The fourth-order valence-electron chi connectivity index (χ4n) is 3.47. The predicted molar refractivity (Wildman–Crippen MR) is 110 cm³/mol. The first-order valence-electron chi connectivity index (χ1n) is 9.64. The topological polar surface area (TPSA) is 115 Å². The van der Waals surface area contributed by atoms with Gasteiger partial charge >= 0.3 is 5.69 Å². The first-order valence-corrected chi connectivity index (χ1v) is 9.64. The Morgan fingerprint density at radius 3 is 2.63 bits per heavy atom. The number of aryl methyl sites for hydroxylation is 1. The van der Waals surface area contributed by atoms with Gasteiger partial charge in [-0.05, 0) is 29.7 Å². The SMILES string of the molecule is CC(C)C(NC(=O)c1cnc2c(c1)c(=O)[nH]c(=O)n2C)c1ccc2c(c1)OCCO2. The van der Waals surface area contributed by atoms with Crippen molar-refractivity contribution in [2.24, 2.45) is 13.0 Å². The molecule has 0 aliphatic carbocycles. The number of benzene rings is 1. The van der Waals surface area contributed by atoms with Crippen LogP contribution in [0.5, 0.6) is 11.5 Å². The van der Waals surface area contributed by atoms with Gasteiger partial charge in [0.25, 0.3) is 11.5 Å². The highest BCUT2D eigenvalue weighted by molar-refractivity contribution is 5.97. The van der Waals surface area contributed by atoms with E-state index in [9.17, 15) is 14.4 Å². The number of nitrogens with one attached hydrogen (secondary N) is 2. The summed E-state index contributed by atoms with van der Waals surface area (Å²) in [5.41, 5.74) is 0.192. The predicted octanol–water partition coefficient (Wildman–Crippen LogP) is 1.52. The van der Waals surface area contributed by atoms with Crippen LogP contribution in [0.1, 0.15) is 35.8 Å². The van der Waals surface area contributed by atoms with Gasteiger partial charge in [-0.25, -0.2) is 9.78 Å². The van der Waals surface area contributed by atoms with Crippen LogP contribution in [0.15, 0.2) is 40.1 Å². The molecule has 0 fully saturated rings. The average Bonchev–Trinajstić information content (AvgIpc) is 2.74. The molecule has 3 heterocycles. The maximum atomic E-state index is 12.9. The van der Waals surface area contributed by atoms with Crippen molar-refractivity contribution in [2.45, 2.75) is 19.9 Å². The first-order chi connectivity index (χ1) is 14.3. The monoisotopic (exact) mass is 410 g/mol. The summed E-state index contributed by atoms with van der Waals surface area (Å²) in [5.74, 6) is 1.06. The van der Waals surface area contributed by atoms with Gasteiger partial charge in [0, 0.05) is 13.2 Å². The molecule has 1 unspecified atom stereocenters. The summed E-state index contributed by atoms with van der Waals surface area (Å²) in [6, 6.07) is 6.76. The summed E-state index contributed by atoms with van der Waals surface area (Å²) >= 11 is 0. The number of H-pyrrole nitrogens is 1. The van der Waals surface area contributed by atoms with Crippen molar-refractivity contribution in [2.75, 3.05) is 13.2 Å². The van der Waals surface area contributed by atoms with Crippen LogP contribution in [0.3, 0.4) is 0 Å². The van der Waals surface area contributed by atoms with Gasteiger partial charge in [-0.3, -0.25) is 19.1 Å². The molecule has 9 heteroatoms. The lowest BCUT2D eigenvalue weighted by Gasteiger charge is -2.25. The largest absolute Gasteiger partial charge is 0.486 e. The summed E-state index contributed by atoms with van der Waals surface area (Å²) < 4.78 is 12.4. The second-order valence-electron chi connectivity index (χ2n) is 7.51. The van der Waals surface area contributed by atoms with E-state index in [1.165, 1.54) is 23.9 Å². The van der Waals surface area contributed by atoms with E-state index < -0.39 is 11.2 Å². The van der Waals surface area contributed by atoms with Gasteiger partial charge in [0.05, 0.1) is 17.0 Å². The van der Waals surface area contributed by atoms with Gasteiger partial charge < -0.3 is 14.8 Å². The third kappa shape index (κ3) is 3.54. The highest BCUT2D eigenvalue weighted by Crippen LogP contribution is 2.34. The normalized spacial score (nSPS) is 14.0. The minimum absolute atomic E-state index is 0.0918. The lowest BCUT2D eigenvalue weighted by atomic mass is 9.95. The standard InChI is InChI=1S/C21H22N4O5/c1-11(2)17(12-4-5-15-16(9-12)30-7-6-29-15)23-19(26)13-8-14-18(22-10-13)25(3)21(28)24-20(14)27/h4-5,8-11,17H,6-7H2,1-3H3,(H,23,26)(H,24,27,28). The molecule has 1 atom stereocenters. The molecular formula is C21H22N4O5. The van der Waals surface area contributed by atoms with Gasteiger partial charge in [0.1, 0.15) is 18.9 Å². The number of nitrogens with zero attached hydrogens (tertiary/aromatic N) is 2. The van der Waals surface area contributed by atoms with Crippen molar-refractivity contribution >= 4 is 16.9 Å². The fraction of sp³-hybridized carbons (Fsp3) is 0.333. The number of carbonyl (C=O) groups excluding carboxylic acids is 1. The minimum Gasteiger partial charge on any atom is -0.486 e. The molecule has 2 aromatic heterocycles. The molecule has 0 spiro atoms. The summed E-state index contributed by atoms with van der Waals surface area (Å²) in [6.45, 7) is 4.99. The Morgan fingerprint density at radius 1 is 1.17 bits per heavy atom. The number of aromatic amines is 1. The number of amides is 1. The number of ether oxygens (including phenoxy) is 2. The maximum absolute atomic E-state index is 12.9. The molecule has 0 bridgehead atoms. The van der Waals surface area contributed by atoms with Crippen LogP contribution in [0, 0.1) is 5.92 Å². The van der Waals surface area contributed by atoms with Crippen LogP contribution in [-0.4, -0.2) is 33.7 Å². The Balaban J connectivity index is 1.65. The van der Waals surface area contributed by atoms with Crippen LogP contribution in [-0.2, 0) is 7.05 Å². The van der Waals surface area contributed by atoms with Crippen molar-refractivity contribution in [3.63, 3.8) is 0 Å². The number of hydrogen-bond acceptors (Lipinski definition) is 6. The van der Waals surface area contributed by atoms with Crippen molar-refractivity contribution < 1.29 is 14.3 Å². The second-order valence-corrected chi connectivity index (χ2v) is 7.51. The van der Waals surface area contributed by atoms with Gasteiger partial charge in [-0.2, -0.15) is 0 Å². The zero-order chi connectivity index (χ0) is 21.4. The lowest BCUT2D eigenvalue weighted by Crippen LogP contribution is -2.33. The van der Waals surface area contributed by atoms with Crippen molar-refractivity contribution in [3.05, 3.63) is 62.4 Å². The molecule has 1 amide bonds. The third-order valence-electron chi connectivity index (χ3n) is 5.09. The van der Waals surface area contributed by atoms with E-state index >= 15 is 0 Å². The highest BCUT2D eigenvalue weighted by atomic mass is 16.6. The second kappa shape index (κ2) is 7.66. The van der Waals surface area contributed by atoms with E-state index in [0.717, 1.165) is 5.56 Å². The van der Waals surface area contributed by atoms with Crippen LogP contribution < -0.4 is 26.0 Å². The van der Waals surface area contributed by atoms with Gasteiger partial charge in [0.2, 0.25) is 0 Å². The molecule has 0 saturated carbocycles. The number of fused-ring (bicyclic) bond motifs is 2. The smallest absolute Gasteiger partial charge is 0.329 e. The number of pyridine rings is 1. The summed E-state index contributed by atoms with van der Waals surface area (Å²) in [7, 11) is 1.50. The summed E-state index contributed by atoms with van der Waals surface area (Å²) in [4.78, 5) is 43.2. The van der Waals surface area contributed by atoms with Crippen LogP contribution in [0.4, 0.5) is 0 Å². The maximum Gasteiger partial charge on any atom is 0.329 e. The van der Waals surface area contributed by atoms with E-state index in [4.69, 9.17) is 9.47 Å². The quantitative estimate of drug-likeness (QED) is 0.674. The third-order valence-corrected chi connectivity index (χ3v) is 5.09. The Morgan fingerprint density at radius 2 is 1.90 bits per heavy atom. The summed E-state index contributed by atoms with van der Waals surface area (Å²) in [6.07, 6.45) is 1.36. The molecule has 1 aliphatic heterocycles. The van der Waals surface area contributed by atoms with Crippen LogP contribution in [0.25, 0.3) is 11.0 Å². The van der Waals surface area contributed by atoms with Crippen LogP contribution >= 0.6 is 0 Å². The van der Waals surface area contributed by atoms with E-state index in [2.05, 4.69) is 15.3 Å². The molecule has 0 radical (unpaired) electrons. The molecule has 2 N–H and O–H groups in total. The molecular weight excluding hydrogens is 388 g/mol. The molecule has 3 aromatic rings. The zero-order valence-electron chi connectivity index (χ0n) is 16.9. The van der Waals surface area contributed by atoms with E-state index in [1.54, 1.807) is 0 Å². The number of rotatable bonds is 4. The van der Waals surface area contributed by atoms with Crippen molar-refractivity contribution in [1.29, 1.82) is 0 Å². The molecule has 1 aromatic carbocycles. The van der Waals surface area contributed by atoms with Gasteiger partial charge in [-0.1, -0.05) is 19.9 Å². The number of aromatic nitrogens is 3. The van der Waals surface area contributed by atoms with Crippen LogP contribution in [0.2, 0.25) is 0 Å². The zero-order valence-corrected chi connectivity index (χ0v) is 16.9. The van der Waals surface area contributed by atoms with E-state index in [0.29, 0.717) is 24.7 Å². The number of carbonyl (C=O) groups is 1. The fourth-order valence-corrected chi connectivity index (χ4v) is 3.47. The van der Waals surface area contributed by atoms with Gasteiger partial charge in [0.15, 0.2) is 11.5 Å². The first kappa shape index (κ1) is 19.7. The summed E-state index contributed by atoms with van der Waals surface area (Å²) in [5, 5.41) is 3.18. The Kier molecular flexibility index (Phi) is 5.03. The van der Waals surface area contributed by atoms with Crippen molar-refractivity contribution in [1.82, 2.24) is 19.9 Å². The molecule has 4 rings (SSSR count). The molecule has 156 valence electrons. The molecule has 1 aliphatic rings. The Bertz CT molecular complexity index is 1240. The Hall–Kier alpha value is -3.62. The minimum atomic E-state index is -0.581. The lowest BCUT2D eigenvalue weighted by molar-refractivity contribution is 0.0925. The molecule has 0 saturated heterocycles. The molecule has 30 heavy (non-hydrogen) atoms. The van der Waals surface area contributed by atoms with E-state index in [-0.39, 0.29) is 34.5 Å². The van der Waals surface area contributed by atoms with Gasteiger partial charge in [-0.15, -0.1) is 0 Å². The van der Waals surface area contributed by atoms with E-state index in [1.807, 2.05) is 32.0 Å². The Labute approximate surface area is 171 Å². The molecule has 9 nitrogen and oxygen atoms in total. The average molecular weight is 410 g/mol. The highest BCUT2D eigenvalue weighted by Gasteiger charge is 2.22. The van der Waals surface area contributed by atoms with Crippen molar-refractivity contribution in [3.8, 4) is 11.5 Å².